The van der Waals surface area contributed by atoms with Crippen LogP contribution in [0.3, 0.4) is 0 Å². The Balaban J connectivity index is 1.60. The molecule has 3 rings (SSSR count). The molecule has 0 atom stereocenters. The van der Waals surface area contributed by atoms with Crippen molar-refractivity contribution >= 4 is 5.91 Å². The van der Waals surface area contributed by atoms with Gasteiger partial charge in [0.1, 0.15) is 0 Å². The van der Waals surface area contributed by atoms with Crippen LogP contribution in [0.5, 0.6) is 0 Å². The summed E-state index contributed by atoms with van der Waals surface area (Å²) in [5.41, 5.74) is 4.52. The predicted molar refractivity (Wildman–Crippen MR) is 98.3 cm³/mol. The molecule has 3 aromatic rings. The molecule has 128 valence electrons. The number of hydrogen-bond acceptors (Lipinski definition) is 3. The quantitative estimate of drug-likeness (QED) is 0.703. The van der Waals surface area contributed by atoms with E-state index in [1.165, 1.54) is 5.56 Å². The fraction of sp³-hybridized carbons (Fsp3) is 0.250. The van der Waals surface area contributed by atoms with Crippen molar-refractivity contribution < 1.29 is 4.79 Å². The number of nitrogens with one attached hydrogen (secondary N) is 1. The van der Waals surface area contributed by atoms with Crippen LogP contribution in [0.1, 0.15) is 28.0 Å². The van der Waals surface area contributed by atoms with E-state index in [1.807, 2.05) is 42.0 Å². The summed E-state index contributed by atoms with van der Waals surface area (Å²) in [6, 6.07) is 12.0. The maximum atomic E-state index is 12.3. The number of amides is 1. The normalized spacial score (nSPS) is 10.6. The first kappa shape index (κ1) is 16.9. The first-order valence-electron chi connectivity index (χ1n) is 8.42. The van der Waals surface area contributed by atoms with Crippen molar-refractivity contribution in [3.05, 3.63) is 71.9 Å². The second-order valence-electron chi connectivity index (χ2n) is 6.11. The fourth-order valence-electron chi connectivity index (χ4n) is 2.66. The van der Waals surface area contributed by atoms with E-state index in [9.17, 15) is 4.79 Å². The van der Waals surface area contributed by atoms with Crippen molar-refractivity contribution in [2.75, 3.05) is 6.54 Å². The molecule has 1 amide bonds. The summed E-state index contributed by atoms with van der Waals surface area (Å²) in [4.78, 5) is 20.9. The Labute approximate surface area is 147 Å². The molecule has 2 aromatic heterocycles. The van der Waals surface area contributed by atoms with Crippen molar-refractivity contribution in [3.63, 3.8) is 0 Å². The highest BCUT2D eigenvalue weighted by Crippen LogP contribution is 2.19. The van der Waals surface area contributed by atoms with Crippen molar-refractivity contribution in [1.29, 1.82) is 0 Å². The zero-order valence-electron chi connectivity index (χ0n) is 14.6. The zero-order valence-corrected chi connectivity index (χ0v) is 14.6. The van der Waals surface area contributed by atoms with Gasteiger partial charge < -0.3 is 9.88 Å². The topological polar surface area (TPSA) is 59.8 Å². The summed E-state index contributed by atoms with van der Waals surface area (Å²) in [7, 11) is 0. The highest BCUT2D eigenvalue weighted by Gasteiger charge is 2.11. The van der Waals surface area contributed by atoms with E-state index in [4.69, 9.17) is 0 Å². The molecule has 0 aliphatic rings. The number of rotatable bonds is 6. The Morgan fingerprint density at radius 3 is 2.60 bits per heavy atom. The molecular formula is C20H22N4O. The van der Waals surface area contributed by atoms with Crippen LogP contribution in [0.15, 0.2) is 55.1 Å². The van der Waals surface area contributed by atoms with Crippen molar-refractivity contribution in [2.24, 2.45) is 0 Å². The molecule has 5 heteroatoms. The van der Waals surface area contributed by atoms with Gasteiger partial charge in [0.25, 0.3) is 5.91 Å². The lowest BCUT2D eigenvalue weighted by Crippen LogP contribution is -2.26. The molecule has 0 aliphatic carbocycles. The van der Waals surface area contributed by atoms with E-state index in [-0.39, 0.29) is 5.91 Å². The third-order valence-electron chi connectivity index (χ3n) is 4.12. The molecule has 25 heavy (non-hydrogen) atoms. The molecule has 0 saturated heterocycles. The van der Waals surface area contributed by atoms with Gasteiger partial charge in [-0.05, 0) is 32.4 Å². The summed E-state index contributed by atoms with van der Waals surface area (Å²) in [5, 5.41) is 2.96. The van der Waals surface area contributed by atoms with Gasteiger partial charge in [-0.25, -0.2) is 4.98 Å². The van der Waals surface area contributed by atoms with Crippen LogP contribution in [0.4, 0.5) is 0 Å². The van der Waals surface area contributed by atoms with Gasteiger partial charge in [-0.1, -0.05) is 29.8 Å². The highest BCUT2D eigenvalue weighted by atomic mass is 16.1. The molecular weight excluding hydrogens is 312 g/mol. The molecule has 0 fully saturated rings. The Kier molecular flexibility index (Phi) is 5.23. The lowest BCUT2D eigenvalue weighted by atomic mass is 10.1. The van der Waals surface area contributed by atoms with E-state index < -0.39 is 0 Å². The molecule has 0 saturated carbocycles. The van der Waals surface area contributed by atoms with Gasteiger partial charge in [-0.15, -0.1) is 0 Å². The summed E-state index contributed by atoms with van der Waals surface area (Å²) < 4.78 is 2.00. The summed E-state index contributed by atoms with van der Waals surface area (Å²) in [5.74, 6) is -0.0777. The number of hydrogen-bond donors (Lipinski definition) is 1. The molecule has 0 bridgehead atoms. The van der Waals surface area contributed by atoms with Gasteiger partial charge in [0, 0.05) is 31.0 Å². The van der Waals surface area contributed by atoms with Gasteiger partial charge >= 0.3 is 0 Å². The lowest BCUT2D eigenvalue weighted by Gasteiger charge is -2.09. The summed E-state index contributed by atoms with van der Waals surface area (Å²) in [6.45, 7) is 5.39. The minimum absolute atomic E-state index is 0.0777. The minimum Gasteiger partial charge on any atom is -0.352 e. The van der Waals surface area contributed by atoms with Crippen LogP contribution < -0.4 is 5.32 Å². The maximum Gasteiger partial charge on any atom is 0.253 e. The number of carbonyl (C=O) groups excluding carboxylic acids is 1. The molecule has 1 aromatic carbocycles. The first-order valence-corrected chi connectivity index (χ1v) is 8.42. The van der Waals surface area contributed by atoms with Crippen molar-refractivity contribution in [3.8, 4) is 11.3 Å². The van der Waals surface area contributed by atoms with Crippen LogP contribution in [0.2, 0.25) is 0 Å². The molecule has 0 spiro atoms. The van der Waals surface area contributed by atoms with Crippen LogP contribution in [-0.2, 0) is 6.54 Å². The standard InChI is InChI=1S/C20H22N4O/c1-15-4-6-17(7-5-15)19-9-8-18(16(2)23-19)20(25)22-10-3-12-24-13-11-21-14-24/h4-9,11,13-14H,3,10,12H2,1-2H3,(H,22,25). The van der Waals surface area contributed by atoms with Gasteiger partial charge in [-0.2, -0.15) is 0 Å². The van der Waals surface area contributed by atoms with E-state index >= 15 is 0 Å². The van der Waals surface area contributed by atoms with Crippen LogP contribution in [0, 0.1) is 13.8 Å². The second-order valence-corrected chi connectivity index (χ2v) is 6.11. The van der Waals surface area contributed by atoms with E-state index in [0.29, 0.717) is 12.1 Å². The van der Waals surface area contributed by atoms with E-state index in [1.54, 1.807) is 12.5 Å². The average Bonchev–Trinajstić information content (AvgIpc) is 3.12. The predicted octanol–water partition coefficient (Wildman–Crippen LogP) is 3.38. The Morgan fingerprint density at radius 2 is 1.92 bits per heavy atom. The van der Waals surface area contributed by atoms with Crippen molar-refractivity contribution in [2.45, 2.75) is 26.8 Å². The van der Waals surface area contributed by atoms with Gasteiger partial charge in [0.05, 0.1) is 23.3 Å². The maximum absolute atomic E-state index is 12.3. The highest BCUT2D eigenvalue weighted by molar-refractivity contribution is 5.95. The third-order valence-corrected chi connectivity index (χ3v) is 4.12. The molecule has 1 N–H and O–H groups in total. The second kappa shape index (κ2) is 7.75. The van der Waals surface area contributed by atoms with Crippen LogP contribution in [0.25, 0.3) is 11.3 Å². The number of benzene rings is 1. The van der Waals surface area contributed by atoms with Crippen LogP contribution in [-0.4, -0.2) is 27.0 Å². The Bertz CT molecular complexity index is 839. The van der Waals surface area contributed by atoms with E-state index in [2.05, 4.69) is 34.3 Å². The van der Waals surface area contributed by atoms with E-state index in [0.717, 1.165) is 29.9 Å². The fourth-order valence-corrected chi connectivity index (χ4v) is 2.66. The lowest BCUT2D eigenvalue weighted by molar-refractivity contribution is 0.0951. The Morgan fingerprint density at radius 1 is 1.12 bits per heavy atom. The molecule has 5 nitrogen and oxygen atoms in total. The van der Waals surface area contributed by atoms with Gasteiger partial charge in [0.2, 0.25) is 0 Å². The number of aryl methyl sites for hydroxylation is 3. The van der Waals surface area contributed by atoms with Gasteiger partial charge in [-0.3, -0.25) is 9.78 Å². The Hall–Kier alpha value is -2.95. The average molecular weight is 334 g/mol. The number of imidazole rings is 1. The zero-order chi connectivity index (χ0) is 17.6. The smallest absolute Gasteiger partial charge is 0.253 e. The number of carbonyl (C=O) groups is 1. The number of aromatic nitrogens is 3. The number of nitrogens with zero attached hydrogens (tertiary/aromatic N) is 3. The summed E-state index contributed by atoms with van der Waals surface area (Å²) in [6.07, 6.45) is 6.30. The third kappa shape index (κ3) is 4.32. The largest absolute Gasteiger partial charge is 0.352 e. The van der Waals surface area contributed by atoms with Crippen molar-refractivity contribution in [1.82, 2.24) is 19.9 Å². The minimum atomic E-state index is -0.0777. The summed E-state index contributed by atoms with van der Waals surface area (Å²) >= 11 is 0. The molecule has 0 unspecified atom stereocenters. The monoisotopic (exact) mass is 334 g/mol. The SMILES string of the molecule is Cc1ccc(-c2ccc(C(=O)NCCCn3ccnc3)c(C)n2)cc1. The van der Waals surface area contributed by atoms with Gasteiger partial charge in [0.15, 0.2) is 0 Å². The number of pyridine rings is 1. The molecule has 2 heterocycles. The first-order chi connectivity index (χ1) is 12.1. The van der Waals surface area contributed by atoms with Crippen LogP contribution >= 0.6 is 0 Å². The molecule has 0 radical (unpaired) electrons. The molecule has 0 aliphatic heterocycles.